The van der Waals surface area contributed by atoms with E-state index in [0.717, 1.165) is 4.47 Å². The standard InChI is InChI=1S/C16H17BrFNO2/c1-11-15(18)3-2-4-16(11)19-9-13(20)10-21-14-7-5-12(17)6-8-14/h2-8,13,19-20H,9-10H2,1H3. The number of halogens is 2. The highest BCUT2D eigenvalue weighted by molar-refractivity contribution is 9.10. The molecule has 3 nitrogen and oxygen atoms in total. The predicted molar refractivity (Wildman–Crippen MR) is 85.3 cm³/mol. The Morgan fingerprint density at radius 1 is 1.24 bits per heavy atom. The van der Waals surface area contributed by atoms with Gasteiger partial charge in [0.05, 0.1) is 0 Å². The zero-order valence-electron chi connectivity index (χ0n) is 11.6. The minimum Gasteiger partial charge on any atom is -0.491 e. The second-order valence-corrected chi connectivity index (χ2v) is 5.63. The van der Waals surface area contributed by atoms with E-state index in [-0.39, 0.29) is 12.4 Å². The van der Waals surface area contributed by atoms with Crippen molar-refractivity contribution in [2.45, 2.75) is 13.0 Å². The third kappa shape index (κ3) is 4.72. The molecule has 0 saturated carbocycles. The molecule has 5 heteroatoms. The van der Waals surface area contributed by atoms with Gasteiger partial charge in [0.1, 0.15) is 24.3 Å². The Morgan fingerprint density at radius 2 is 1.95 bits per heavy atom. The van der Waals surface area contributed by atoms with Crippen molar-refractivity contribution in [2.24, 2.45) is 0 Å². The molecular formula is C16H17BrFNO2. The number of benzene rings is 2. The maximum Gasteiger partial charge on any atom is 0.128 e. The number of aliphatic hydroxyl groups excluding tert-OH is 1. The molecule has 21 heavy (non-hydrogen) atoms. The van der Waals surface area contributed by atoms with Crippen LogP contribution in [0.1, 0.15) is 5.56 Å². The Balaban J connectivity index is 1.80. The molecule has 0 spiro atoms. The average Bonchev–Trinajstić information content (AvgIpc) is 2.48. The number of ether oxygens (including phenoxy) is 1. The Kier molecular flexibility index (Phi) is 5.59. The fourth-order valence-electron chi connectivity index (χ4n) is 1.81. The number of hydrogen-bond donors (Lipinski definition) is 2. The minimum absolute atomic E-state index is 0.170. The van der Waals surface area contributed by atoms with Crippen LogP contribution in [0.2, 0.25) is 0 Å². The zero-order valence-corrected chi connectivity index (χ0v) is 13.2. The first-order valence-electron chi connectivity index (χ1n) is 6.61. The van der Waals surface area contributed by atoms with Crippen molar-refractivity contribution in [3.63, 3.8) is 0 Å². The lowest BCUT2D eigenvalue weighted by Crippen LogP contribution is -2.26. The third-order valence-corrected chi connectivity index (χ3v) is 3.58. The predicted octanol–water partition coefficient (Wildman–Crippen LogP) is 3.75. The summed E-state index contributed by atoms with van der Waals surface area (Å²) in [5, 5.41) is 12.9. The van der Waals surface area contributed by atoms with Crippen molar-refractivity contribution >= 4 is 21.6 Å². The van der Waals surface area contributed by atoms with Gasteiger partial charge in [-0.1, -0.05) is 22.0 Å². The molecule has 0 saturated heterocycles. The summed E-state index contributed by atoms with van der Waals surface area (Å²) in [6.45, 7) is 2.16. The van der Waals surface area contributed by atoms with Crippen LogP contribution in [0.3, 0.4) is 0 Å². The van der Waals surface area contributed by atoms with Crippen molar-refractivity contribution in [1.82, 2.24) is 0 Å². The van der Waals surface area contributed by atoms with Crippen LogP contribution in [-0.2, 0) is 0 Å². The van der Waals surface area contributed by atoms with Crippen LogP contribution < -0.4 is 10.1 Å². The normalized spacial score (nSPS) is 12.0. The minimum atomic E-state index is -0.684. The average molecular weight is 354 g/mol. The molecule has 0 fully saturated rings. The summed E-state index contributed by atoms with van der Waals surface area (Å²) in [6, 6.07) is 12.2. The van der Waals surface area contributed by atoms with Gasteiger partial charge in [0.2, 0.25) is 0 Å². The van der Waals surface area contributed by atoms with Crippen LogP contribution in [0.5, 0.6) is 5.75 Å². The lowest BCUT2D eigenvalue weighted by atomic mass is 10.2. The van der Waals surface area contributed by atoms with Gasteiger partial charge in [-0.15, -0.1) is 0 Å². The Morgan fingerprint density at radius 3 is 2.67 bits per heavy atom. The van der Waals surface area contributed by atoms with Crippen molar-refractivity contribution in [3.05, 3.63) is 58.3 Å². The highest BCUT2D eigenvalue weighted by atomic mass is 79.9. The van der Waals surface area contributed by atoms with Gasteiger partial charge in [-0.2, -0.15) is 0 Å². The summed E-state index contributed by atoms with van der Waals surface area (Å²) in [5.41, 5.74) is 1.22. The lowest BCUT2D eigenvalue weighted by Gasteiger charge is -2.15. The third-order valence-electron chi connectivity index (χ3n) is 3.05. The summed E-state index contributed by atoms with van der Waals surface area (Å²) in [7, 11) is 0. The van der Waals surface area contributed by atoms with E-state index in [4.69, 9.17) is 4.74 Å². The first-order valence-corrected chi connectivity index (χ1v) is 7.41. The second kappa shape index (κ2) is 7.43. The van der Waals surface area contributed by atoms with Gasteiger partial charge >= 0.3 is 0 Å². The van der Waals surface area contributed by atoms with E-state index < -0.39 is 6.10 Å². The molecule has 0 aliphatic carbocycles. The van der Waals surface area contributed by atoms with Gasteiger partial charge in [-0.3, -0.25) is 0 Å². The van der Waals surface area contributed by atoms with Crippen molar-refractivity contribution in [3.8, 4) is 5.75 Å². The maximum absolute atomic E-state index is 13.4. The van der Waals surface area contributed by atoms with Crippen molar-refractivity contribution in [2.75, 3.05) is 18.5 Å². The van der Waals surface area contributed by atoms with Crippen LogP contribution >= 0.6 is 15.9 Å². The Labute approximate surface area is 131 Å². The molecule has 0 amide bonds. The SMILES string of the molecule is Cc1c(F)cccc1NCC(O)COc1ccc(Br)cc1. The Bertz CT molecular complexity index is 589. The monoisotopic (exact) mass is 353 g/mol. The first-order chi connectivity index (χ1) is 10.1. The zero-order chi connectivity index (χ0) is 15.2. The molecule has 0 bridgehead atoms. The Hall–Kier alpha value is -1.59. The van der Waals surface area contributed by atoms with Gasteiger partial charge in [0.25, 0.3) is 0 Å². The van der Waals surface area contributed by atoms with Gasteiger partial charge < -0.3 is 15.2 Å². The molecule has 0 aliphatic heterocycles. The summed E-state index contributed by atoms with van der Waals surface area (Å²) < 4.78 is 19.8. The summed E-state index contributed by atoms with van der Waals surface area (Å²) in [6.07, 6.45) is -0.684. The molecule has 112 valence electrons. The molecule has 2 aromatic rings. The molecule has 2 N–H and O–H groups in total. The van der Waals surface area contributed by atoms with E-state index in [0.29, 0.717) is 23.5 Å². The largest absolute Gasteiger partial charge is 0.491 e. The quantitative estimate of drug-likeness (QED) is 0.830. The fourth-order valence-corrected chi connectivity index (χ4v) is 2.07. The first kappa shape index (κ1) is 15.8. The maximum atomic E-state index is 13.4. The molecule has 0 heterocycles. The molecule has 1 unspecified atom stereocenters. The van der Waals surface area contributed by atoms with Crippen LogP contribution in [0.15, 0.2) is 46.9 Å². The number of hydrogen-bond acceptors (Lipinski definition) is 3. The fraction of sp³-hybridized carbons (Fsp3) is 0.250. The molecule has 2 rings (SSSR count). The van der Waals surface area contributed by atoms with Crippen LogP contribution in [-0.4, -0.2) is 24.4 Å². The molecule has 1 atom stereocenters. The topological polar surface area (TPSA) is 41.5 Å². The van der Waals surface area contributed by atoms with E-state index in [2.05, 4.69) is 21.2 Å². The summed E-state index contributed by atoms with van der Waals surface area (Å²) in [5.74, 6) is 0.430. The van der Waals surface area contributed by atoms with Crippen LogP contribution in [0.25, 0.3) is 0 Å². The highest BCUT2D eigenvalue weighted by Crippen LogP contribution is 2.18. The number of nitrogens with one attached hydrogen (secondary N) is 1. The lowest BCUT2D eigenvalue weighted by molar-refractivity contribution is 0.117. The van der Waals surface area contributed by atoms with Crippen LogP contribution in [0, 0.1) is 12.7 Å². The molecular weight excluding hydrogens is 337 g/mol. The number of aliphatic hydroxyl groups is 1. The van der Waals surface area contributed by atoms with Gasteiger partial charge in [0, 0.05) is 22.3 Å². The van der Waals surface area contributed by atoms with E-state index in [9.17, 15) is 9.50 Å². The van der Waals surface area contributed by atoms with Crippen LogP contribution in [0.4, 0.5) is 10.1 Å². The number of anilines is 1. The molecule has 2 aromatic carbocycles. The summed E-state index contributed by atoms with van der Waals surface area (Å²) in [4.78, 5) is 0. The van der Waals surface area contributed by atoms with E-state index >= 15 is 0 Å². The van der Waals surface area contributed by atoms with Gasteiger partial charge in [-0.05, 0) is 43.3 Å². The number of rotatable bonds is 6. The smallest absolute Gasteiger partial charge is 0.128 e. The van der Waals surface area contributed by atoms with Gasteiger partial charge in [-0.25, -0.2) is 4.39 Å². The molecule has 0 aliphatic rings. The molecule has 0 aromatic heterocycles. The van der Waals surface area contributed by atoms with E-state index in [1.165, 1.54) is 6.07 Å². The van der Waals surface area contributed by atoms with Crippen molar-refractivity contribution in [1.29, 1.82) is 0 Å². The highest BCUT2D eigenvalue weighted by Gasteiger charge is 2.08. The van der Waals surface area contributed by atoms with Crippen molar-refractivity contribution < 1.29 is 14.2 Å². The second-order valence-electron chi connectivity index (χ2n) is 4.71. The van der Waals surface area contributed by atoms with E-state index in [1.807, 2.05) is 24.3 Å². The molecule has 0 radical (unpaired) electrons. The van der Waals surface area contributed by atoms with E-state index in [1.54, 1.807) is 19.1 Å². The van der Waals surface area contributed by atoms with Gasteiger partial charge in [0.15, 0.2) is 0 Å². The summed E-state index contributed by atoms with van der Waals surface area (Å²) >= 11 is 3.34.